The number of carbonyl (C=O) groups is 1. The summed E-state index contributed by atoms with van der Waals surface area (Å²) in [6.07, 6.45) is 3.97. The fourth-order valence-corrected chi connectivity index (χ4v) is 5.14. The van der Waals surface area contributed by atoms with Crippen LogP contribution in [0.25, 0.3) is 0 Å². The minimum atomic E-state index is 0.00423. The standard InChI is InChI=1S/C17H31N3O/c1-16(2)13-5-6-14(11-13)17(16,3)18-15(21)12-20-9-7-19(4)8-10-20/h13-14H,5-12H2,1-4H3,(H,18,21)/p+2/t13-,14+,17+/m0/s1. The van der Waals surface area contributed by atoms with Gasteiger partial charge in [-0.15, -0.1) is 0 Å². The summed E-state index contributed by atoms with van der Waals surface area (Å²) in [5.74, 6) is 1.76. The van der Waals surface area contributed by atoms with E-state index in [1.807, 2.05) is 0 Å². The lowest BCUT2D eigenvalue weighted by Crippen LogP contribution is -3.27. The lowest BCUT2D eigenvalue weighted by molar-refractivity contribution is -1.000. The molecule has 4 nitrogen and oxygen atoms in total. The van der Waals surface area contributed by atoms with Crippen molar-refractivity contribution in [3.8, 4) is 0 Å². The van der Waals surface area contributed by atoms with Crippen LogP contribution in [0.15, 0.2) is 0 Å². The predicted octanol–water partition coefficient (Wildman–Crippen LogP) is -1.27. The van der Waals surface area contributed by atoms with Crippen molar-refractivity contribution in [3.63, 3.8) is 0 Å². The molecule has 0 aromatic carbocycles. The number of nitrogens with one attached hydrogen (secondary N) is 3. The molecule has 2 aliphatic carbocycles. The monoisotopic (exact) mass is 295 g/mol. The van der Waals surface area contributed by atoms with Gasteiger partial charge in [0.05, 0.1) is 7.05 Å². The molecule has 1 heterocycles. The highest BCUT2D eigenvalue weighted by atomic mass is 16.2. The highest BCUT2D eigenvalue weighted by Crippen LogP contribution is 2.61. The second kappa shape index (κ2) is 5.24. The average molecular weight is 295 g/mol. The molecule has 1 aliphatic heterocycles. The summed E-state index contributed by atoms with van der Waals surface area (Å²) in [6.45, 7) is 12.3. The van der Waals surface area contributed by atoms with E-state index in [4.69, 9.17) is 0 Å². The topological polar surface area (TPSA) is 38.0 Å². The van der Waals surface area contributed by atoms with Gasteiger partial charge in [-0.3, -0.25) is 4.79 Å². The Labute approximate surface area is 129 Å². The molecule has 3 rings (SSSR count). The van der Waals surface area contributed by atoms with Crippen molar-refractivity contribution in [1.82, 2.24) is 5.32 Å². The van der Waals surface area contributed by atoms with Gasteiger partial charge in [-0.25, -0.2) is 0 Å². The molecular weight excluding hydrogens is 262 g/mol. The zero-order valence-electron chi connectivity index (χ0n) is 14.2. The van der Waals surface area contributed by atoms with E-state index in [9.17, 15) is 4.79 Å². The van der Waals surface area contributed by atoms with Crippen LogP contribution >= 0.6 is 0 Å². The Hall–Kier alpha value is -0.610. The van der Waals surface area contributed by atoms with Crippen molar-refractivity contribution in [1.29, 1.82) is 0 Å². The van der Waals surface area contributed by atoms with Gasteiger partial charge in [0.25, 0.3) is 5.91 Å². The number of hydrogen-bond acceptors (Lipinski definition) is 1. The lowest BCUT2D eigenvalue weighted by atomic mass is 9.64. The van der Waals surface area contributed by atoms with E-state index in [-0.39, 0.29) is 16.9 Å². The van der Waals surface area contributed by atoms with Gasteiger partial charge in [0.1, 0.15) is 26.2 Å². The van der Waals surface area contributed by atoms with Crippen LogP contribution in [0.5, 0.6) is 0 Å². The highest BCUT2D eigenvalue weighted by Gasteiger charge is 2.60. The van der Waals surface area contributed by atoms with Gasteiger partial charge in [0.2, 0.25) is 0 Å². The van der Waals surface area contributed by atoms with E-state index in [1.165, 1.54) is 37.3 Å². The summed E-state index contributed by atoms with van der Waals surface area (Å²) in [5, 5.41) is 3.47. The summed E-state index contributed by atoms with van der Waals surface area (Å²) in [5.41, 5.74) is 0.247. The number of likely N-dealkylation sites (N-methyl/N-ethyl adjacent to an activating group) is 1. The van der Waals surface area contributed by atoms with E-state index in [0.29, 0.717) is 12.5 Å². The maximum atomic E-state index is 12.6. The second-order valence-electron chi connectivity index (χ2n) is 8.56. The first-order chi connectivity index (χ1) is 9.83. The molecule has 0 spiro atoms. The van der Waals surface area contributed by atoms with Crippen LogP contribution in [0, 0.1) is 17.3 Å². The molecule has 120 valence electrons. The van der Waals surface area contributed by atoms with Gasteiger partial charge in [-0.05, 0) is 43.4 Å². The highest BCUT2D eigenvalue weighted by molar-refractivity contribution is 5.78. The molecule has 21 heavy (non-hydrogen) atoms. The van der Waals surface area contributed by atoms with Gasteiger partial charge in [-0.2, -0.15) is 0 Å². The molecule has 0 radical (unpaired) electrons. The van der Waals surface area contributed by atoms with Gasteiger partial charge >= 0.3 is 0 Å². The minimum absolute atomic E-state index is 0.00423. The van der Waals surface area contributed by atoms with Gasteiger partial charge in [0.15, 0.2) is 6.54 Å². The van der Waals surface area contributed by atoms with Gasteiger partial charge < -0.3 is 15.1 Å². The Morgan fingerprint density at radius 3 is 2.29 bits per heavy atom. The van der Waals surface area contributed by atoms with Crippen molar-refractivity contribution in [2.75, 3.05) is 39.8 Å². The van der Waals surface area contributed by atoms with E-state index in [1.54, 1.807) is 4.90 Å². The summed E-state index contributed by atoms with van der Waals surface area (Å²) >= 11 is 0. The third kappa shape index (κ3) is 2.50. The van der Waals surface area contributed by atoms with E-state index in [0.717, 1.165) is 19.0 Å². The smallest absolute Gasteiger partial charge is 0.275 e. The molecule has 2 bridgehead atoms. The fourth-order valence-electron chi connectivity index (χ4n) is 5.14. The number of fused-ring (bicyclic) bond motifs is 2. The molecule has 3 N–H and O–H groups in total. The summed E-state index contributed by atoms with van der Waals surface area (Å²) in [6, 6.07) is 0. The van der Waals surface area contributed by atoms with Gasteiger partial charge in [-0.1, -0.05) is 13.8 Å². The first kappa shape index (κ1) is 15.3. The molecule has 0 unspecified atom stereocenters. The lowest BCUT2D eigenvalue weighted by Gasteiger charge is -2.48. The van der Waals surface area contributed by atoms with Gasteiger partial charge in [0, 0.05) is 5.54 Å². The Morgan fingerprint density at radius 1 is 1.10 bits per heavy atom. The third-order valence-electron chi connectivity index (χ3n) is 7.23. The van der Waals surface area contributed by atoms with Crippen LogP contribution < -0.4 is 15.1 Å². The first-order valence-corrected chi connectivity index (χ1v) is 8.79. The maximum Gasteiger partial charge on any atom is 0.275 e. The van der Waals surface area contributed by atoms with Crippen LogP contribution in [-0.2, 0) is 4.79 Å². The van der Waals surface area contributed by atoms with E-state index < -0.39 is 0 Å². The number of rotatable bonds is 3. The van der Waals surface area contributed by atoms with Crippen LogP contribution in [0.3, 0.4) is 0 Å². The largest absolute Gasteiger partial charge is 0.345 e. The summed E-state index contributed by atoms with van der Waals surface area (Å²) in [4.78, 5) is 15.6. The van der Waals surface area contributed by atoms with Crippen molar-refractivity contribution >= 4 is 5.91 Å². The Kier molecular flexibility index (Phi) is 3.81. The van der Waals surface area contributed by atoms with Crippen molar-refractivity contribution in [3.05, 3.63) is 0 Å². The summed E-state index contributed by atoms with van der Waals surface area (Å²) < 4.78 is 0. The predicted molar refractivity (Wildman–Crippen MR) is 83.3 cm³/mol. The molecule has 3 aliphatic rings. The van der Waals surface area contributed by atoms with Crippen molar-refractivity contribution < 1.29 is 14.6 Å². The van der Waals surface area contributed by atoms with E-state index >= 15 is 0 Å². The number of quaternary nitrogens is 2. The van der Waals surface area contributed by atoms with Crippen molar-refractivity contribution in [2.24, 2.45) is 17.3 Å². The molecule has 3 atom stereocenters. The second-order valence-corrected chi connectivity index (χ2v) is 8.56. The normalized spacial score (nSPS) is 44.8. The van der Waals surface area contributed by atoms with E-state index in [2.05, 4.69) is 33.1 Å². The quantitative estimate of drug-likeness (QED) is 0.597. The van der Waals surface area contributed by atoms with Crippen molar-refractivity contribution in [2.45, 2.75) is 45.6 Å². The molecule has 0 aromatic heterocycles. The minimum Gasteiger partial charge on any atom is -0.345 e. The SMILES string of the molecule is C[NH+]1CC[NH+](CC(=O)N[C@]2(C)[C@@H]3CC[C@@H](C3)C2(C)C)CC1. The number of hydrogen-bond donors (Lipinski definition) is 3. The first-order valence-electron chi connectivity index (χ1n) is 8.79. The molecule has 2 saturated carbocycles. The van der Waals surface area contributed by atoms with Crippen LogP contribution in [-0.4, -0.2) is 51.2 Å². The molecule has 1 saturated heterocycles. The molecule has 1 amide bonds. The summed E-state index contributed by atoms with van der Waals surface area (Å²) in [7, 11) is 2.25. The average Bonchev–Trinajstić information content (AvgIpc) is 2.96. The number of carbonyl (C=O) groups excluding carboxylic acids is 1. The Morgan fingerprint density at radius 2 is 1.71 bits per heavy atom. The molecule has 4 heteroatoms. The maximum absolute atomic E-state index is 12.6. The fraction of sp³-hybridized carbons (Fsp3) is 0.941. The van der Waals surface area contributed by atoms with Crippen LogP contribution in [0.2, 0.25) is 0 Å². The number of piperazine rings is 1. The number of amides is 1. The van der Waals surface area contributed by atoms with Crippen LogP contribution in [0.4, 0.5) is 0 Å². The third-order valence-corrected chi connectivity index (χ3v) is 7.23. The molecular formula is C17H33N3O+2. The Balaban J connectivity index is 1.59. The molecule has 3 fully saturated rings. The zero-order valence-corrected chi connectivity index (χ0v) is 14.2. The zero-order chi connectivity index (χ0) is 15.3. The Bertz CT molecular complexity index is 414. The molecule has 0 aromatic rings. The van der Waals surface area contributed by atoms with Crippen LogP contribution in [0.1, 0.15) is 40.0 Å².